The molecule has 0 aliphatic heterocycles. The summed E-state index contributed by atoms with van der Waals surface area (Å²) < 4.78 is 0.179. The SMILES string of the molecule is C[C@@H](N)c1cccnc1SC(C)(C)C. The summed E-state index contributed by atoms with van der Waals surface area (Å²) in [6, 6.07) is 4.03. The van der Waals surface area contributed by atoms with Gasteiger partial charge in [0.15, 0.2) is 0 Å². The molecule has 2 nitrogen and oxygen atoms in total. The quantitative estimate of drug-likeness (QED) is 0.763. The highest BCUT2D eigenvalue weighted by Gasteiger charge is 2.16. The number of pyridine rings is 1. The standard InChI is InChI=1S/C11H18N2S/c1-8(12)9-6-5-7-13-10(9)14-11(2,3)4/h5-8H,12H2,1-4H3/t8-/m1/s1. The normalized spacial score (nSPS) is 14.1. The summed E-state index contributed by atoms with van der Waals surface area (Å²) in [6.07, 6.45) is 1.82. The van der Waals surface area contributed by atoms with Crippen LogP contribution in [0, 0.1) is 0 Å². The molecule has 0 aliphatic rings. The Balaban J connectivity index is 2.96. The van der Waals surface area contributed by atoms with Gasteiger partial charge in [-0.2, -0.15) is 0 Å². The number of thioether (sulfide) groups is 1. The third-order valence-corrected chi connectivity index (χ3v) is 2.84. The smallest absolute Gasteiger partial charge is 0.101 e. The molecule has 0 amide bonds. The molecule has 0 unspecified atom stereocenters. The van der Waals surface area contributed by atoms with E-state index in [0.29, 0.717) is 0 Å². The molecule has 0 radical (unpaired) electrons. The minimum absolute atomic E-state index is 0.0496. The van der Waals surface area contributed by atoms with Crippen LogP contribution < -0.4 is 5.73 Å². The van der Waals surface area contributed by atoms with Gasteiger partial charge in [-0.3, -0.25) is 0 Å². The summed E-state index contributed by atoms with van der Waals surface area (Å²) >= 11 is 1.76. The Morgan fingerprint density at radius 2 is 2.07 bits per heavy atom. The van der Waals surface area contributed by atoms with E-state index in [1.165, 1.54) is 0 Å². The van der Waals surface area contributed by atoms with Gasteiger partial charge >= 0.3 is 0 Å². The Morgan fingerprint density at radius 3 is 2.57 bits per heavy atom. The van der Waals surface area contributed by atoms with Crippen molar-refractivity contribution >= 4 is 11.8 Å². The van der Waals surface area contributed by atoms with Crippen molar-refractivity contribution in [2.45, 2.75) is 43.5 Å². The van der Waals surface area contributed by atoms with Crippen molar-refractivity contribution in [1.29, 1.82) is 0 Å². The predicted octanol–water partition coefficient (Wildman–Crippen LogP) is 2.99. The molecule has 0 aromatic carbocycles. The van der Waals surface area contributed by atoms with Gasteiger partial charge in [0, 0.05) is 22.5 Å². The van der Waals surface area contributed by atoms with Crippen LogP contribution in [-0.2, 0) is 0 Å². The molecule has 2 N–H and O–H groups in total. The van der Waals surface area contributed by atoms with Gasteiger partial charge in [0.1, 0.15) is 5.03 Å². The number of rotatable bonds is 2. The van der Waals surface area contributed by atoms with Crippen LogP contribution in [0.1, 0.15) is 39.3 Å². The van der Waals surface area contributed by atoms with Crippen molar-refractivity contribution < 1.29 is 0 Å². The summed E-state index contributed by atoms with van der Waals surface area (Å²) in [6.45, 7) is 8.52. The van der Waals surface area contributed by atoms with E-state index in [9.17, 15) is 0 Å². The third kappa shape index (κ3) is 3.31. The molecule has 0 fully saturated rings. The van der Waals surface area contributed by atoms with Gasteiger partial charge in [-0.1, -0.05) is 26.8 Å². The van der Waals surface area contributed by atoms with E-state index in [0.717, 1.165) is 10.6 Å². The summed E-state index contributed by atoms with van der Waals surface area (Å²) in [4.78, 5) is 4.37. The zero-order valence-corrected chi connectivity index (χ0v) is 10.1. The predicted molar refractivity (Wildman–Crippen MR) is 62.4 cm³/mol. The zero-order valence-electron chi connectivity index (χ0n) is 9.24. The van der Waals surface area contributed by atoms with E-state index >= 15 is 0 Å². The van der Waals surface area contributed by atoms with E-state index in [-0.39, 0.29) is 10.8 Å². The highest BCUT2D eigenvalue weighted by atomic mass is 32.2. The van der Waals surface area contributed by atoms with Crippen molar-refractivity contribution in [2.24, 2.45) is 5.73 Å². The van der Waals surface area contributed by atoms with Crippen LogP contribution in [0.5, 0.6) is 0 Å². The topological polar surface area (TPSA) is 38.9 Å². The van der Waals surface area contributed by atoms with Gasteiger partial charge in [0.05, 0.1) is 0 Å². The van der Waals surface area contributed by atoms with E-state index in [1.54, 1.807) is 11.8 Å². The third-order valence-electron chi connectivity index (χ3n) is 1.69. The fourth-order valence-electron chi connectivity index (χ4n) is 1.13. The molecular weight excluding hydrogens is 192 g/mol. The first-order valence-electron chi connectivity index (χ1n) is 4.79. The Kier molecular flexibility index (Phi) is 3.56. The highest BCUT2D eigenvalue weighted by Crippen LogP contribution is 2.33. The number of aromatic nitrogens is 1. The first-order chi connectivity index (χ1) is 6.40. The lowest BCUT2D eigenvalue weighted by atomic mass is 10.2. The molecule has 1 rings (SSSR count). The summed E-state index contributed by atoms with van der Waals surface area (Å²) in [5, 5.41) is 1.05. The molecular formula is C11H18N2S. The largest absolute Gasteiger partial charge is 0.324 e. The van der Waals surface area contributed by atoms with Crippen LogP contribution in [0.3, 0.4) is 0 Å². The number of nitrogens with two attached hydrogens (primary N) is 1. The van der Waals surface area contributed by atoms with Gasteiger partial charge in [-0.15, -0.1) is 11.8 Å². The zero-order chi connectivity index (χ0) is 10.8. The second-order valence-corrected chi connectivity index (χ2v) is 6.22. The fraction of sp³-hybridized carbons (Fsp3) is 0.545. The molecule has 14 heavy (non-hydrogen) atoms. The maximum Gasteiger partial charge on any atom is 0.101 e. The molecule has 1 aromatic heterocycles. The van der Waals surface area contributed by atoms with Crippen LogP contribution >= 0.6 is 11.8 Å². The van der Waals surface area contributed by atoms with Crippen LogP contribution in [0.4, 0.5) is 0 Å². The molecule has 0 aliphatic carbocycles. The molecule has 1 heterocycles. The lowest BCUT2D eigenvalue weighted by molar-refractivity contribution is 0.764. The number of nitrogens with zero attached hydrogens (tertiary/aromatic N) is 1. The average Bonchev–Trinajstić information content (AvgIpc) is 2.01. The lowest BCUT2D eigenvalue weighted by Gasteiger charge is -2.19. The van der Waals surface area contributed by atoms with Crippen molar-refractivity contribution in [3.63, 3.8) is 0 Å². The van der Waals surface area contributed by atoms with E-state index < -0.39 is 0 Å². The molecule has 0 spiro atoms. The maximum atomic E-state index is 5.88. The summed E-state index contributed by atoms with van der Waals surface area (Å²) in [5.74, 6) is 0. The van der Waals surface area contributed by atoms with Crippen LogP contribution in [0.25, 0.3) is 0 Å². The second-order valence-electron chi connectivity index (χ2n) is 4.40. The number of hydrogen-bond donors (Lipinski definition) is 1. The Labute approximate surface area is 90.3 Å². The van der Waals surface area contributed by atoms with Crippen molar-refractivity contribution in [3.05, 3.63) is 23.9 Å². The molecule has 3 heteroatoms. The first kappa shape index (κ1) is 11.5. The minimum Gasteiger partial charge on any atom is -0.324 e. The Hall–Kier alpha value is -0.540. The fourth-order valence-corrected chi connectivity index (χ4v) is 2.19. The highest BCUT2D eigenvalue weighted by molar-refractivity contribution is 8.00. The van der Waals surface area contributed by atoms with Crippen molar-refractivity contribution in [3.8, 4) is 0 Å². The molecule has 1 atom stereocenters. The van der Waals surface area contributed by atoms with Crippen LogP contribution in [0.15, 0.2) is 23.4 Å². The van der Waals surface area contributed by atoms with Gasteiger partial charge in [-0.05, 0) is 13.0 Å². The Morgan fingerprint density at radius 1 is 1.43 bits per heavy atom. The lowest BCUT2D eigenvalue weighted by Crippen LogP contribution is -2.12. The van der Waals surface area contributed by atoms with Crippen LogP contribution in [0.2, 0.25) is 0 Å². The minimum atomic E-state index is 0.0496. The Bertz CT molecular complexity index is 302. The summed E-state index contributed by atoms with van der Waals surface area (Å²) in [7, 11) is 0. The van der Waals surface area contributed by atoms with Gasteiger partial charge in [0.25, 0.3) is 0 Å². The van der Waals surface area contributed by atoms with E-state index in [4.69, 9.17) is 5.73 Å². The maximum absolute atomic E-state index is 5.88. The van der Waals surface area contributed by atoms with Crippen LogP contribution in [-0.4, -0.2) is 9.73 Å². The average molecular weight is 210 g/mol. The molecule has 0 saturated heterocycles. The molecule has 1 aromatic rings. The molecule has 0 saturated carbocycles. The second kappa shape index (κ2) is 4.32. The van der Waals surface area contributed by atoms with Gasteiger partial charge in [0.2, 0.25) is 0 Å². The summed E-state index contributed by atoms with van der Waals surface area (Å²) in [5.41, 5.74) is 7.01. The molecule has 0 bridgehead atoms. The van der Waals surface area contributed by atoms with E-state index in [2.05, 4.69) is 25.8 Å². The number of hydrogen-bond acceptors (Lipinski definition) is 3. The molecule has 78 valence electrons. The van der Waals surface area contributed by atoms with Gasteiger partial charge < -0.3 is 5.73 Å². The van der Waals surface area contributed by atoms with E-state index in [1.807, 2.05) is 25.3 Å². The van der Waals surface area contributed by atoms with Gasteiger partial charge in [-0.25, -0.2) is 4.98 Å². The van der Waals surface area contributed by atoms with Crippen molar-refractivity contribution in [2.75, 3.05) is 0 Å². The van der Waals surface area contributed by atoms with Crippen molar-refractivity contribution in [1.82, 2.24) is 4.98 Å². The first-order valence-corrected chi connectivity index (χ1v) is 5.61. The monoisotopic (exact) mass is 210 g/mol.